The van der Waals surface area contributed by atoms with Crippen molar-refractivity contribution in [1.82, 2.24) is 15.2 Å². The van der Waals surface area contributed by atoms with Gasteiger partial charge >= 0.3 is 0 Å². The molecule has 4 rings (SSSR count). The zero-order valence-electron chi connectivity index (χ0n) is 12.7. The van der Waals surface area contributed by atoms with Crippen LogP contribution in [0.2, 0.25) is 5.02 Å². The molecule has 3 heterocycles. The van der Waals surface area contributed by atoms with E-state index in [1.165, 1.54) is 34.9 Å². The van der Waals surface area contributed by atoms with Crippen molar-refractivity contribution in [3.05, 3.63) is 47.0 Å². The van der Waals surface area contributed by atoms with Crippen molar-refractivity contribution in [3.8, 4) is 0 Å². The monoisotopic (exact) mass is 406 g/mol. The van der Waals surface area contributed by atoms with Crippen molar-refractivity contribution in [2.45, 2.75) is 20.9 Å². The summed E-state index contributed by atoms with van der Waals surface area (Å²) < 4.78 is 0.759. The van der Waals surface area contributed by atoms with Crippen LogP contribution in [0.3, 0.4) is 0 Å². The van der Waals surface area contributed by atoms with Gasteiger partial charge in [-0.2, -0.15) is 0 Å². The zero-order chi connectivity index (χ0) is 17.2. The summed E-state index contributed by atoms with van der Waals surface area (Å²) in [7, 11) is 0. The zero-order valence-corrected chi connectivity index (χ0v) is 15.9. The Morgan fingerprint density at radius 2 is 2.24 bits per heavy atom. The second-order valence-electron chi connectivity index (χ2n) is 5.17. The largest absolute Gasteiger partial charge is 0.300 e. The van der Waals surface area contributed by atoms with Gasteiger partial charge in [-0.15, -0.1) is 22.0 Å². The summed E-state index contributed by atoms with van der Waals surface area (Å²) in [6.45, 7) is 0. The van der Waals surface area contributed by atoms with Crippen LogP contribution in [-0.4, -0.2) is 26.3 Å². The molecule has 0 saturated carbocycles. The number of aromatic nitrogens is 3. The number of thioether (sulfide) groups is 1. The lowest BCUT2D eigenvalue weighted by Crippen LogP contribution is -2.22. The Morgan fingerprint density at radius 1 is 1.32 bits per heavy atom. The maximum atomic E-state index is 12.1. The molecule has 3 aromatic rings. The first-order chi connectivity index (χ1) is 12.2. The van der Waals surface area contributed by atoms with Crippen molar-refractivity contribution in [3.63, 3.8) is 0 Å². The summed E-state index contributed by atoms with van der Waals surface area (Å²) in [6.07, 6.45) is 4.49. The van der Waals surface area contributed by atoms with Gasteiger partial charge in [0.1, 0.15) is 0 Å². The first-order valence-corrected chi connectivity index (χ1v) is 10.3. The summed E-state index contributed by atoms with van der Waals surface area (Å²) in [5.41, 5.74) is 0.835. The highest BCUT2D eigenvalue weighted by molar-refractivity contribution is 8.03. The van der Waals surface area contributed by atoms with E-state index in [2.05, 4.69) is 20.5 Å². The molecule has 0 fully saturated rings. The van der Waals surface area contributed by atoms with E-state index in [0.717, 1.165) is 26.6 Å². The SMILES string of the molecule is O=C(Nc1nnc(Sc2ccnc3cc(Cl)ccc23)s1)C1CC=CS1. The molecule has 0 radical (unpaired) electrons. The van der Waals surface area contributed by atoms with Crippen LogP contribution in [0.5, 0.6) is 0 Å². The number of anilines is 1. The minimum atomic E-state index is -0.0751. The molecule has 0 aliphatic carbocycles. The van der Waals surface area contributed by atoms with Crippen LogP contribution >= 0.6 is 46.5 Å². The van der Waals surface area contributed by atoms with Crippen LogP contribution in [0.15, 0.2) is 51.2 Å². The second-order valence-corrected chi connectivity index (χ2v) is 8.98. The van der Waals surface area contributed by atoms with Crippen molar-refractivity contribution in [1.29, 1.82) is 0 Å². The molecule has 9 heteroatoms. The molecular formula is C16H11ClN4OS3. The minimum absolute atomic E-state index is 0.0355. The number of allylic oxidation sites excluding steroid dienone is 1. The summed E-state index contributed by atoms with van der Waals surface area (Å²) in [6, 6.07) is 7.55. The highest BCUT2D eigenvalue weighted by Crippen LogP contribution is 2.36. The van der Waals surface area contributed by atoms with E-state index < -0.39 is 0 Å². The van der Waals surface area contributed by atoms with E-state index in [0.29, 0.717) is 10.2 Å². The quantitative estimate of drug-likeness (QED) is 0.624. The van der Waals surface area contributed by atoms with Gasteiger partial charge in [-0.05, 0) is 30.0 Å². The van der Waals surface area contributed by atoms with Crippen molar-refractivity contribution in [2.75, 3.05) is 5.32 Å². The standard InChI is InChI=1S/C16H11ClN4OS3/c17-9-3-4-10-11(8-9)18-6-5-12(10)24-16-21-20-15(25-16)19-14(22)13-2-1-7-23-13/h1,3-8,13H,2H2,(H,19,20,22). The average Bonchev–Trinajstić information content (AvgIpc) is 3.27. The summed E-state index contributed by atoms with van der Waals surface area (Å²) >= 11 is 10.4. The minimum Gasteiger partial charge on any atom is -0.300 e. The highest BCUT2D eigenvalue weighted by atomic mass is 35.5. The van der Waals surface area contributed by atoms with Crippen LogP contribution in [0, 0.1) is 0 Å². The number of carbonyl (C=O) groups is 1. The van der Waals surface area contributed by atoms with E-state index >= 15 is 0 Å². The van der Waals surface area contributed by atoms with Gasteiger partial charge in [-0.1, -0.05) is 46.8 Å². The lowest BCUT2D eigenvalue weighted by atomic mass is 10.2. The molecule has 25 heavy (non-hydrogen) atoms. The summed E-state index contributed by atoms with van der Waals surface area (Å²) in [4.78, 5) is 17.5. The summed E-state index contributed by atoms with van der Waals surface area (Å²) in [5, 5.41) is 15.1. The van der Waals surface area contributed by atoms with E-state index in [4.69, 9.17) is 11.6 Å². The van der Waals surface area contributed by atoms with Crippen molar-refractivity contribution >= 4 is 68.4 Å². The number of benzene rings is 1. The van der Waals surface area contributed by atoms with Gasteiger partial charge in [0.25, 0.3) is 0 Å². The van der Waals surface area contributed by atoms with Gasteiger partial charge in [0.2, 0.25) is 11.0 Å². The third kappa shape index (κ3) is 3.82. The molecule has 1 aliphatic rings. The van der Waals surface area contributed by atoms with Crippen LogP contribution in [0.4, 0.5) is 5.13 Å². The molecule has 1 aliphatic heterocycles. The molecular weight excluding hydrogens is 396 g/mol. The molecule has 1 atom stereocenters. The van der Waals surface area contributed by atoms with E-state index in [-0.39, 0.29) is 11.2 Å². The van der Waals surface area contributed by atoms with Gasteiger partial charge in [-0.3, -0.25) is 15.1 Å². The molecule has 0 bridgehead atoms. The highest BCUT2D eigenvalue weighted by Gasteiger charge is 2.21. The maximum absolute atomic E-state index is 12.1. The number of hydrogen-bond donors (Lipinski definition) is 1. The first-order valence-electron chi connectivity index (χ1n) is 7.36. The van der Waals surface area contributed by atoms with Gasteiger partial charge < -0.3 is 0 Å². The Hall–Kier alpha value is -1.61. The number of carbonyl (C=O) groups excluding carboxylic acids is 1. The normalized spacial score (nSPS) is 16.4. The summed E-state index contributed by atoms with van der Waals surface area (Å²) in [5.74, 6) is -0.0355. The number of fused-ring (bicyclic) bond motifs is 1. The Balaban J connectivity index is 1.50. The Morgan fingerprint density at radius 3 is 3.08 bits per heavy atom. The first kappa shape index (κ1) is 16.8. The molecule has 1 N–H and O–H groups in total. The Labute approximate surface area is 161 Å². The van der Waals surface area contributed by atoms with Crippen molar-refractivity contribution < 1.29 is 4.79 Å². The number of halogens is 1. The smallest absolute Gasteiger partial charge is 0.239 e. The Bertz CT molecular complexity index is 967. The van der Waals surface area contributed by atoms with Crippen LogP contribution in [0.1, 0.15) is 6.42 Å². The fraction of sp³-hybridized carbons (Fsp3) is 0.125. The van der Waals surface area contributed by atoms with Crippen molar-refractivity contribution in [2.24, 2.45) is 0 Å². The van der Waals surface area contributed by atoms with Crippen LogP contribution in [0.25, 0.3) is 10.9 Å². The van der Waals surface area contributed by atoms with Gasteiger partial charge in [0, 0.05) is 21.5 Å². The third-order valence-electron chi connectivity index (χ3n) is 3.48. The lowest BCUT2D eigenvalue weighted by molar-refractivity contribution is -0.115. The number of rotatable bonds is 4. The van der Waals surface area contributed by atoms with Gasteiger partial charge in [0.05, 0.1) is 10.8 Å². The fourth-order valence-electron chi connectivity index (χ4n) is 2.32. The lowest BCUT2D eigenvalue weighted by Gasteiger charge is -2.06. The molecule has 0 saturated heterocycles. The van der Waals surface area contributed by atoms with E-state index in [9.17, 15) is 4.79 Å². The number of nitrogens with zero attached hydrogens (tertiary/aromatic N) is 3. The van der Waals surface area contributed by atoms with Gasteiger partial charge in [0.15, 0.2) is 4.34 Å². The molecule has 2 aromatic heterocycles. The molecule has 5 nitrogen and oxygen atoms in total. The molecule has 0 spiro atoms. The third-order valence-corrected chi connectivity index (χ3v) is 6.77. The van der Waals surface area contributed by atoms with Crippen LogP contribution in [-0.2, 0) is 4.79 Å². The molecule has 1 amide bonds. The van der Waals surface area contributed by atoms with Crippen LogP contribution < -0.4 is 5.32 Å². The number of pyridine rings is 1. The fourth-order valence-corrected chi connectivity index (χ4v) is 5.14. The number of amides is 1. The van der Waals surface area contributed by atoms with E-state index in [1.54, 1.807) is 6.20 Å². The Kier molecular flexibility index (Phi) is 4.93. The number of nitrogens with one attached hydrogen (secondary N) is 1. The predicted molar refractivity (Wildman–Crippen MR) is 105 cm³/mol. The molecule has 126 valence electrons. The average molecular weight is 407 g/mol. The van der Waals surface area contributed by atoms with E-state index in [1.807, 2.05) is 35.7 Å². The molecule has 1 aromatic carbocycles. The second kappa shape index (κ2) is 7.33. The topological polar surface area (TPSA) is 67.8 Å². The number of hydrogen-bond acceptors (Lipinski definition) is 7. The molecule has 1 unspecified atom stereocenters. The maximum Gasteiger partial charge on any atom is 0.239 e. The van der Waals surface area contributed by atoms with Gasteiger partial charge in [-0.25, -0.2) is 0 Å². The predicted octanol–water partition coefficient (Wildman–Crippen LogP) is 4.85.